The van der Waals surface area contributed by atoms with Crippen LogP contribution in [0.15, 0.2) is 24.3 Å². The van der Waals surface area contributed by atoms with Crippen LogP contribution in [-0.4, -0.2) is 18.0 Å². The molecule has 4 nitrogen and oxygen atoms in total. The van der Waals surface area contributed by atoms with E-state index in [2.05, 4.69) is 10.3 Å². The number of anilines is 1. The number of amides is 1. The Bertz CT molecular complexity index is 676. The molecule has 0 aliphatic rings. The fraction of sp³-hybridized carbons (Fsp3) is 0.250. The molecule has 0 aliphatic heterocycles. The molecule has 5 heteroatoms. The number of nitrogens with zero attached hydrogens (tertiary/aromatic N) is 1. The number of rotatable bonds is 3. The van der Waals surface area contributed by atoms with Gasteiger partial charge in [0.1, 0.15) is 5.15 Å². The number of ether oxygens (including phenoxy) is 1. The van der Waals surface area contributed by atoms with Crippen molar-refractivity contribution >= 4 is 23.2 Å². The van der Waals surface area contributed by atoms with Crippen LogP contribution in [0.5, 0.6) is 5.88 Å². The third-order valence-electron chi connectivity index (χ3n) is 3.16. The number of hydrogen-bond acceptors (Lipinski definition) is 3. The summed E-state index contributed by atoms with van der Waals surface area (Å²) in [5.41, 5.74) is 4.43. The normalized spacial score (nSPS) is 10.3. The summed E-state index contributed by atoms with van der Waals surface area (Å²) in [5.74, 6) is 0.0673. The van der Waals surface area contributed by atoms with E-state index in [1.54, 1.807) is 6.07 Å². The summed E-state index contributed by atoms with van der Waals surface area (Å²) in [5, 5.41) is 3.14. The van der Waals surface area contributed by atoms with Crippen molar-refractivity contribution in [2.24, 2.45) is 0 Å². The van der Waals surface area contributed by atoms with Crippen molar-refractivity contribution in [2.75, 3.05) is 12.4 Å². The number of aromatic nitrogens is 1. The van der Waals surface area contributed by atoms with Gasteiger partial charge in [0.2, 0.25) is 5.88 Å². The van der Waals surface area contributed by atoms with Gasteiger partial charge in [-0.2, -0.15) is 0 Å². The average molecular weight is 305 g/mol. The fourth-order valence-electron chi connectivity index (χ4n) is 2.27. The minimum absolute atomic E-state index is 0.219. The van der Waals surface area contributed by atoms with Crippen molar-refractivity contribution in [3.63, 3.8) is 0 Å². The van der Waals surface area contributed by atoms with Crippen LogP contribution in [0.25, 0.3) is 0 Å². The van der Waals surface area contributed by atoms with Gasteiger partial charge in [0.05, 0.1) is 7.11 Å². The number of benzene rings is 1. The van der Waals surface area contributed by atoms with E-state index in [4.69, 9.17) is 16.3 Å². The molecule has 0 bridgehead atoms. The molecule has 21 heavy (non-hydrogen) atoms. The SMILES string of the molecule is COc1cc(C(=O)Nc2c(C)cc(C)cc2C)cc(Cl)n1. The molecule has 1 amide bonds. The maximum Gasteiger partial charge on any atom is 0.255 e. The number of halogens is 1. The first-order valence-electron chi connectivity index (χ1n) is 6.51. The predicted molar refractivity (Wildman–Crippen MR) is 84.4 cm³/mol. The van der Waals surface area contributed by atoms with Crippen LogP contribution in [0.2, 0.25) is 5.15 Å². The Morgan fingerprint density at radius 3 is 2.33 bits per heavy atom. The van der Waals surface area contributed by atoms with Gasteiger partial charge in [0, 0.05) is 17.3 Å². The van der Waals surface area contributed by atoms with E-state index in [-0.39, 0.29) is 11.1 Å². The Hall–Kier alpha value is -2.07. The Morgan fingerprint density at radius 2 is 1.76 bits per heavy atom. The molecule has 0 unspecified atom stereocenters. The molecule has 110 valence electrons. The minimum Gasteiger partial charge on any atom is -0.481 e. The molecule has 1 aromatic heterocycles. The molecule has 0 spiro atoms. The van der Waals surface area contributed by atoms with Gasteiger partial charge in [-0.3, -0.25) is 4.79 Å². The standard InChI is InChI=1S/C16H17ClN2O2/c1-9-5-10(2)15(11(3)6-9)19-16(20)12-7-13(17)18-14(8-12)21-4/h5-8H,1-4H3,(H,19,20). The third-order valence-corrected chi connectivity index (χ3v) is 3.35. The highest BCUT2D eigenvalue weighted by atomic mass is 35.5. The van der Waals surface area contributed by atoms with Gasteiger partial charge >= 0.3 is 0 Å². The van der Waals surface area contributed by atoms with Crippen LogP contribution >= 0.6 is 11.6 Å². The summed E-state index contributed by atoms with van der Waals surface area (Å²) in [6, 6.07) is 7.13. The zero-order valence-corrected chi connectivity index (χ0v) is 13.2. The predicted octanol–water partition coefficient (Wildman–Crippen LogP) is 3.92. The van der Waals surface area contributed by atoms with Crippen molar-refractivity contribution in [3.8, 4) is 5.88 Å². The fourth-order valence-corrected chi connectivity index (χ4v) is 2.47. The molecule has 0 radical (unpaired) electrons. The first-order chi connectivity index (χ1) is 9.90. The molecule has 0 saturated heterocycles. The lowest BCUT2D eigenvalue weighted by Crippen LogP contribution is -2.14. The van der Waals surface area contributed by atoms with Gasteiger partial charge in [0.15, 0.2) is 0 Å². The smallest absolute Gasteiger partial charge is 0.255 e. The van der Waals surface area contributed by atoms with E-state index in [9.17, 15) is 4.79 Å². The van der Waals surface area contributed by atoms with Crippen molar-refractivity contribution < 1.29 is 9.53 Å². The summed E-state index contributed by atoms with van der Waals surface area (Å²) in [6.45, 7) is 5.96. The summed E-state index contributed by atoms with van der Waals surface area (Å²) in [6.07, 6.45) is 0. The molecule has 2 rings (SSSR count). The molecule has 0 aliphatic carbocycles. The number of hydrogen-bond donors (Lipinski definition) is 1. The summed E-state index contributed by atoms with van der Waals surface area (Å²) >= 11 is 5.89. The molecule has 0 atom stereocenters. The van der Waals surface area contributed by atoms with Crippen molar-refractivity contribution in [2.45, 2.75) is 20.8 Å². The Morgan fingerprint density at radius 1 is 1.14 bits per heavy atom. The van der Waals surface area contributed by atoms with E-state index < -0.39 is 0 Å². The van der Waals surface area contributed by atoms with Crippen LogP contribution < -0.4 is 10.1 Å². The van der Waals surface area contributed by atoms with E-state index in [0.717, 1.165) is 22.4 Å². The lowest BCUT2D eigenvalue weighted by molar-refractivity contribution is 0.102. The first-order valence-corrected chi connectivity index (χ1v) is 6.89. The van der Waals surface area contributed by atoms with Gasteiger partial charge in [-0.1, -0.05) is 29.3 Å². The van der Waals surface area contributed by atoms with E-state index >= 15 is 0 Å². The summed E-state index contributed by atoms with van der Waals surface area (Å²) in [4.78, 5) is 16.3. The van der Waals surface area contributed by atoms with Crippen LogP contribution in [0.3, 0.4) is 0 Å². The maximum atomic E-state index is 12.4. The van der Waals surface area contributed by atoms with Crippen molar-refractivity contribution in [1.29, 1.82) is 0 Å². The number of carbonyl (C=O) groups is 1. The quantitative estimate of drug-likeness (QED) is 0.874. The number of carbonyl (C=O) groups excluding carboxylic acids is 1. The second-order valence-electron chi connectivity index (χ2n) is 4.95. The van der Waals surface area contributed by atoms with Crippen LogP contribution in [0, 0.1) is 20.8 Å². The average Bonchev–Trinajstić information content (AvgIpc) is 2.41. The Balaban J connectivity index is 2.32. The minimum atomic E-state index is -0.243. The number of pyridine rings is 1. The van der Waals surface area contributed by atoms with E-state index in [0.29, 0.717) is 11.4 Å². The number of aryl methyl sites for hydroxylation is 3. The zero-order chi connectivity index (χ0) is 15.6. The molecule has 1 N–H and O–H groups in total. The highest BCUT2D eigenvalue weighted by molar-refractivity contribution is 6.30. The molecule has 1 aromatic carbocycles. The summed E-state index contributed by atoms with van der Waals surface area (Å²) < 4.78 is 5.02. The van der Waals surface area contributed by atoms with E-state index in [1.165, 1.54) is 13.2 Å². The zero-order valence-electron chi connectivity index (χ0n) is 12.5. The molecular formula is C16H17ClN2O2. The Kier molecular flexibility index (Phi) is 4.48. The van der Waals surface area contributed by atoms with E-state index in [1.807, 2.05) is 32.9 Å². The van der Waals surface area contributed by atoms with Gasteiger partial charge < -0.3 is 10.1 Å². The van der Waals surface area contributed by atoms with Crippen LogP contribution in [0.1, 0.15) is 27.0 Å². The topological polar surface area (TPSA) is 51.2 Å². The van der Waals surface area contributed by atoms with Crippen LogP contribution in [-0.2, 0) is 0 Å². The van der Waals surface area contributed by atoms with Crippen LogP contribution in [0.4, 0.5) is 5.69 Å². The molecule has 0 fully saturated rings. The highest BCUT2D eigenvalue weighted by Crippen LogP contribution is 2.23. The molecule has 1 heterocycles. The summed E-state index contributed by atoms with van der Waals surface area (Å²) in [7, 11) is 1.48. The first kappa shape index (κ1) is 15.3. The molecule has 2 aromatic rings. The van der Waals surface area contributed by atoms with Gasteiger partial charge in [-0.05, 0) is 38.0 Å². The Labute approximate surface area is 129 Å². The van der Waals surface area contributed by atoms with Crippen molar-refractivity contribution in [3.05, 3.63) is 51.7 Å². The van der Waals surface area contributed by atoms with Crippen molar-refractivity contribution in [1.82, 2.24) is 4.98 Å². The highest BCUT2D eigenvalue weighted by Gasteiger charge is 2.13. The molecule has 0 saturated carbocycles. The number of methoxy groups -OCH3 is 1. The van der Waals surface area contributed by atoms with Gasteiger partial charge in [0.25, 0.3) is 5.91 Å². The van der Waals surface area contributed by atoms with Gasteiger partial charge in [-0.15, -0.1) is 0 Å². The second-order valence-corrected chi connectivity index (χ2v) is 5.34. The number of nitrogens with one attached hydrogen (secondary N) is 1. The lowest BCUT2D eigenvalue weighted by Gasteiger charge is -2.13. The monoisotopic (exact) mass is 304 g/mol. The lowest BCUT2D eigenvalue weighted by atomic mass is 10.0. The van der Waals surface area contributed by atoms with Gasteiger partial charge in [-0.25, -0.2) is 4.98 Å². The largest absolute Gasteiger partial charge is 0.481 e. The maximum absolute atomic E-state index is 12.4. The second kappa shape index (κ2) is 6.14. The third kappa shape index (κ3) is 3.52. The molecular weight excluding hydrogens is 288 g/mol.